The lowest BCUT2D eigenvalue weighted by atomic mass is 9.85. The molecular weight excluding hydrogens is 476 g/mol. The summed E-state index contributed by atoms with van der Waals surface area (Å²) >= 11 is 0. The van der Waals surface area contributed by atoms with Gasteiger partial charge in [-0.2, -0.15) is 0 Å². The van der Waals surface area contributed by atoms with E-state index >= 15 is 0 Å². The average Bonchev–Trinajstić information content (AvgIpc) is 2.92. The minimum atomic E-state index is -1.01. The molecule has 0 saturated heterocycles. The molecule has 0 bridgehead atoms. The number of nitrogens with zero attached hydrogens (tertiary/aromatic N) is 2. The van der Waals surface area contributed by atoms with E-state index in [2.05, 4.69) is 47.6 Å². The van der Waals surface area contributed by atoms with Crippen molar-refractivity contribution in [1.29, 1.82) is 0 Å². The largest absolute Gasteiger partial charge is 0.478 e. The fourth-order valence-electron chi connectivity index (χ4n) is 6.31. The molecule has 3 aliphatic heterocycles. The Morgan fingerprint density at radius 1 is 0.974 bits per heavy atom. The number of hydrogen-bond donors (Lipinski definition) is 1. The number of carboxylic acid groups (broad SMARTS) is 1. The van der Waals surface area contributed by atoms with Crippen molar-refractivity contribution in [2.75, 3.05) is 31.1 Å². The Morgan fingerprint density at radius 3 is 2.53 bits per heavy atom. The van der Waals surface area contributed by atoms with Crippen LogP contribution in [0.4, 0.5) is 5.69 Å². The van der Waals surface area contributed by atoms with Crippen molar-refractivity contribution in [3.63, 3.8) is 0 Å². The van der Waals surface area contributed by atoms with E-state index in [4.69, 9.17) is 4.74 Å². The van der Waals surface area contributed by atoms with Crippen LogP contribution in [0.2, 0.25) is 0 Å². The summed E-state index contributed by atoms with van der Waals surface area (Å²) in [7, 11) is 0. The Bertz CT molecular complexity index is 1640. The molecule has 194 valence electrons. The second-order valence-electron chi connectivity index (χ2n) is 10.4. The Balaban J connectivity index is 1.74. The summed E-state index contributed by atoms with van der Waals surface area (Å²) in [4.78, 5) is 27.2. The predicted molar refractivity (Wildman–Crippen MR) is 148 cm³/mol. The first-order chi connectivity index (χ1) is 18.4. The molecule has 6 nitrogen and oxygen atoms in total. The molecule has 0 amide bonds. The molecule has 0 fully saturated rings. The zero-order chi connectivity index (χ0) is 26.6. The van der Waals surface area contributed by atoms with Crippen LogP contribution in [-0.4, -0.2) is 43.0 Å². The van der Waals surface area contributed by atoms with Crippen molar-refractivity contribution >= 4 is 23.0 Å². The van der Waals surface area contributed by atoms with Crippen molar-refractivity contribution in [2.24, 2.45) is 0 Å². The van der Waals surface area contributed by atoms with Gasteiger partial charge < -0.3 is 14.7 Å². The van der Waals surface area contributed by atoms with Crippen molar-refractivity contribution in [2.45, 2.75) is 46.5 Å². The summed E-state index contributed by atoms with van der Waals surface area (Å²) in [6.07, 6.45) is 4.09. The second kappa shape index (κ2) is 9.43. The number of Topliss-reactive ketones (excluding diaryl/α,β-unsaturated/α-hetero) is 1. The van der Waals surface area contributed by atoms with Crippen LogP contribution >= 0.6 is 0 Å². The molecule has 3 heterocycles. The SMILES string of the molecule is CCN1CCCc2cc3c(cc21)Oc1cc2c(cc1=C3c1cc(C(C)=O)ccc1C(=O)O)CCC[N+]=2CC. The van der Waals surface area contributed by atoms with E-state index in [1.165, 1.54) is 29.1 Å². The van der Waals surface area contributed by atoms with Crippen molar-refractivity contribution in [3.05, 3.63) is 86.4 Å². The van der Waals surface area contributed by atoms with E-state index < -0.39 is 5.97 Å². The maximum atomic E-state index is 12.5. The Hall–Kier alpha value is -3.93. The van der Waals surface area contributed by atoms with E-state index in [0.717, 1.165) is 79.7 Å². The number of carboxylic acids is 1. The van der Waals surface area contributed by atoms with Crippen LogP contribution in [0.25, 0.3) is 5.57 Å². The molecule has 6 rings (SSSR count). The van der Waals surface area contributed by atoms with Crippen molar-refractivity contribution < 1.29 is 19.4 Å². The minimum Gasteiger partial charge on any atom is -0.478 e. The van der Waals surface area contributed by atoms with E-state index in [9.17, 15) is 14.7 Å². The number of fused-ring (bicyclic) bond motifs is 4. The highest BCUT2D eigenvalue weighted by atomic mass is 16.5. The first kappa shape index (κ1) is 24.4. The fourth-order valence-corrected chi connectivity index (χ4v) is 6.31. The van der Waals surface area contributed by atoms with Crippen LogP contribution in [0.3, 0.4) is 0 Å². The molecule has 3 aliphatic rings. The van der Waals surface area contributed by atoms with Crippen LogP contribution < -0.4 is 24.8 Å². The molecule has 1 N–H and O–H groups in total. The van der Waals surface area contributed by atoms with E-state index in [1.54, 1.807) is 18.2 Å². The van der Waals surface area contributed by atoms with Gasteiger partial charge in [-0.1, -0.05) is 6.07 Å². The number of rotatable bonds is 5. The van der Waals surface area contributed by atoms with Gasteiger partial charge in [0.2, 0.25) is 5.36 Å². The molecule has 0 aliphatic carbocycles. The molecule has 0 unspecified atom stereocenters. The highest BCUT2D eigenvalue weighted by Gasteiger charge is 2.29. The lowest BCUT2D eigenvalue weighted by molar-refractivity contribution is 0.0696. The third-order valence-electron chi connectivity index (χ3n) is 8.24. The third kappa shape index (κ3) is 3.90. The second-order valence-corrected chi connectivity index (χ2v) is 10.4. The lowest BCUT2D eigenvalue weighted by Gasteiger charge is -2.32. The van der Waals surface area contributed by atoms with Crippen LogP contribution in [0, 0.1) is 0 Å². The summed E-state index contributed by atoms with van der Waals surface area (Å²) in [5, 5.41) is 12.3. The van der Waals surface area contributed by atoms with Gasteiger partial charge in [0.15, 0.2) is 5.78 Å². The third-order valence-corrected chi connectivity index (χ3v) is 8.24. The van der Waals surface area contributed by atoms with Crippen molar-refractivity contribution in [3.8, 4) is 11.5 Å². The highest BCUT2D eigenvalue weighted by Crippen LogP contribution is 2.42. The van der Waals surface area contributed by atoms with Gasteiger partial charge in [-0.3, -0.25) is 4.79 Å². The smallest absolute Gasteiger partial charge is 0.336 e. The normalized spacial score (nSPS) is 15.7. The number of aromatic carboxylic acids is 1. The summed E-state index contributed by atoms with van der Waals surface area (Å²) in [6.45, 7) is 9.71. The van der Waals surface area contributed by atoms with Gasteiger partial charge in [0.25, 0.3) is 0 Å². The van der Waals surface area contributed by atoms with E-state index in [0.29, 0.717) is 11.1 Å². The molecule has 0 radical (unpaired) electrons. The molecule has 38 heavy (non-hydrogen) atoms. The van der Waals surface area contributed by atoms with Gasteiger partial charge in [-0.15, -0.1) is 0 Å². The zero-order valence-electron chi connectivity index (χ0n) is 22.3. The monoisotopic (exact) mass is 509 g/mol. The number of carbonyl (C=O) groups excluding carboxylic acids is 1. The summed E-state index contributed by atoms with van der Waals surface area (Å²) in [5.41, 5.74) is 6.64. The predicted octanol–water partition coefficient (Wildman–Crippen LogP) is 4.17. The Morgan fingerprint density at radius 2 is 1.79 bits per heavy atom. The number of carbonyl (C=O) groups is 2. The summed E-state index contributed by atoms with van der Waals surface area (Å²) < 4.78 is 9.01. The fraction of sp³-hybridized carbons (Fsp3) is 0.344. The molecule has 6 heteroatoms. The van der Waals surface area contributed by atoms with E-state index in [-0.39, 0.29) is 11.3 Å². The number of benzene rings is 3. The highest BCUT2D eigenvalue weighted by molar-refractivity contribution is 6.02. The molecule has 3 aromatic carbocycles. The Kier molecular flexibility index (Phi) is 6.05. The molecular formula is C32H33N2O4+. The molecule has 0 spiro atoms. The average molecular weight is 510 g/mol. The number of hydrogen-bond acceptors (Lipinski definition) is 4. The van der Waals surface area contributed by atoms with Crippen molar-refractivity contribution in [1.82, 2.24) is 4.58 Å². The van der Waals surface area contributed by atoms with Gasteiger partial charge >= 0.3 is 5.97 Å². The van der Waals surface area contributed by atoms with Crippen LogP contribution in [0.1, 0.15) is 76.6 Å². The van der Waals surface area contributed by atoms with Gasteiger partial charge in [-0.05, 0) is 75.4 Å². The van der Waals surface area contributed by atoms with Gasteiger partial charge in [-0.25, -0.2) is 9.37 Å². The maximum Gasteiger partial charge on any atom is 0.336 e. The zero-order valence-corrected chi connectivity index (χ0v) is 22.3. The summed E-state index contributed by atoms with van der Waals surface area (Å²) in [5.74, 6) is 0.358. The minimum absolute atomic E-state index is 0.0932. The van der Waals surface area contributed by atoms with Crippen LogP contribution in [0.15, 0.2) is 42.5 Å². The maximum absolute atomic E-state index is 12.5. The number of aryl methyl sites for hydroxylation is 2. The molecule has 0 aromatic heterocycles. The van der Waals surface area contributed by atoms with Crippen LogP contribution in [-0.2, 0) is 12.8 Å². The Labute approximate surface area is 222 Å². The van der Waals surface area contributed by atoms with E-state index in [1.807, 2.05) is 0 Å². The van der Waals surface area contributed by atoms with Gasteiger partial charge in [0.1, 0.15) is 24.6 Å². The molecule has 0 atom stereocenters. The number of anilines is 1. The molecule has 0 saturated carbocycles. The standard InChI is InChI=1S/C32H32N2O4/c1-4-33-12-6-8-21-15-25-29(17-27(21)33)38-30-18-28-22(9-7-13-34(28)5-2)16-26(30)31(25)24-14-20(19(3)35)10-11-23(24)32(36)37/h10-11,14-18H,4-9,12-13H2,1-3H3/p+1. The quantitative estimate of drug-likeness (QED) is 0.323. The summed E-state index contributed by atoms with van der Waals surface area (Å²) in [6, 6.07) is 13.5. The number of ketones is 1. The first-order valence-electron chi connectivity index (χ1n) is 13.7. The van der Waals surface area contributed by atoms with Gasteiger partial charge in [0.05, 0.1) is 11.6 Å². The number of ether oxygens (including phenoxy) is 1. The van der Waals surface area contributed by atoms with Crippen LogP contribution in [0.5, 0.6) is 11.5 Å². The lowest BCUT2D eigenvalue weighted by Crippen LogP contribution is -2.39. The molecule has 3 aromatic rings. The topological polar surface area (TPSA) is 69.9 Å². The van der Waals surface area contributed by atoms with Gasteiger partial charge in [0, 0.05) is 58.7 Å². The first-order valence-corrected chi connectivity index (χ1v) is 13.7.